The Balaban J connectivity index is 1.37. The molecule has 3 aromatic carbocycles. The van der Waals surface area contributed by atoms with Gasteiger partial charge in [-0.2, -0.15) is 0 Å². The third-order valence-electron chi connectivity index (χ3n) is 7.70. The standard InChI is InChI=1S/C33H31NO6S/c1-36-25-12-8-23(9-13-25)33(22-6-4-3-5-7-22,24-10-14-26(37-2)15-11-24)39-21-30-28(35)20-31(40-30)34-18-16-29-27(32(34)41)17-19-38-29/h3-19,28,30-31,35H,20-21H2,1-2H3/t28-,30+,31+/m0/s1. The van der Waals surface area contributed by atoms with Crippen LogP contribution in [0.3, 0.4) is 0 Å². The van der Waals surface area contributed by atoms with Gasteiger partial charge in [0.15, 0.2) is 0 Å². The monoisotopic (exact) mass is 569 g/mol. The van der Waals surface area contributed by atoms with Crippen molar-refractivity contribution in [1.29, 1.82) is 0 Å². The van der Waals surface area contributed by atoms with E-state index in [1.54, 1.807) is 20.5 Å². The van der Waals surface area contributed by atoms with E-state index in [1.807, 2.05) is 102 Å². The van der Waals surface area contributed by atoms with Gasteiger partial charge in [-0.1, -0.05) is 66.8 Å². The summed E-state index contributed by atoms with van der Waals surface area (Å²) >= 11 is 5.71. The van der Waals surface area contributed by atoms with Gasteiger partial charge in [0.25, 0.3) is 0 Å². The average Bonchev–Trinajstić information content (AvgIpc) is 3.66. The molecule has 0 bridgehead atoms. The average molecular weight is 570 g/mol. The van der Waals surface area contributed by atoms with Crippen LogP contribution in [-0.4, -0.2) is 42.7 Å². The van der Waals surface area contributed by atoms with Crippen molar-refractivity contribution in [3.05, 3.63) is 125 Å². The summed E-state index contributed by atoms with van der Waals surface area (Å²) in [5.41, 5.74) is 2.47. The lowest BCUT2D eigenvalue weighted by Crippen LogP contribution is -2.38. The van der Waals surface area contributed by atoms with Crippen LogP contribution in [0.1, 0.15) is 29.3 Å². The number of hydrogen-bond acceptors (Lipinski definition) is 7. The number of methoxy groups -OCH3 is 2. The van der Waals surface area contributed by atoms with Gasteiger partial charge in [0.1, 0.15) is 39.7 Å². The molecule has 5 aromatic rings. The van der Waals surface area contributed by atoms with Gasteiger partial charge in [-0.05, 0) is 53.1 Å². The van der Waals surface area contributed by atoms with Gasteiger partial charge in [-0.3, -0.25) is 0 Å². The molecule has 0 spiro atoms. The second-order valence-electron chi connectivity index (χ2n) is 9.97. The lowest BCUT2D eigenvalue weighted by molar-refractivity contribution is -0.0938. The van der Waals surface area contributed by atoms with Gasteiger partial charge in [0.2, 0.25) is 0 Å². The summed E-state index contributed by atoms with van der Waals surface area (Å²) in [4.78, 5) is 0. The van der Waals surface area contributed by atoms with E-state index in [1.165, 1.54) is 0 Å². The molecular weight excluding hydrogens is 538 g/mol. The quantitative estimate of drug-likeness (QED) is 0.158. The highest BCUT2D eigenvalue weighted by atomic mass is 32.1. The van der Waals surface area contributed by atoms with Crippen LogP contribution < -0.4 is 9.47 Å². The Morgan fingerprint density at radius 2 is 1.46 bits per heavy atom. The van der Waals surface area contributed by atoms with Gasteiger partial charge >= 0.3 is 0 Å². The van der Waals surface area contributed by atoms with E-state index in [4.69, 9.17) is 35.6 Å². The number of nitrogens with zero attached hydrogens (tertiary/aromatic N) is 1. The molecule has 210 valence electrons. The molecule has 1 fully saturated rings. The molecule has 7 nitrogen and oxygen atoms in total. The lowest BCUT2D eigenvalue weighted by atomic mass is 9.80. The number of aliphatic hydroxyl groups excluding tert-OH is 1. The number of pyridine rings is 1. The first-order chi connectivity index (χ1) is 20.0. The van der Waals surface area contributed by atoms with Crippen molar-refractivity contribution in [2.45, 2.75) is 30.5 Å². The first-order valence-electron chi connectivity index (χ1n) is 13.4. The van der Waals surface area contributed by atoms with Crippen molar-refractivity contribution in [2.24, 2.45) is 0 Å². The molecule has 2 aromatic heterocycles. The Labute approximate surface area is 243 Å². The lowest BCUT2D eigenvalue weighted by Gasteiger charge is -2.37. The van der Waals surface area contributed by atoms with E-state index < -0.39 is 24.0 Å². The minimum absolute atomic E-state index is 0.131. The fourth-order valence-corrected chi connectivity index (χ4v) is 5.87. The second kappa shape index (κ2) is 11.5. The molecule has 8 heteroatoms. The molecule has 1 saturated heterocycles. The number of benzene rings is 3. The normalized spacial score (nSPS) is 19.0. The SMILES string of the molecule is COc1ccc(C(OC[C@H]2O[C@@H](n3ccc4occc4c3=S)C[C@@H]2O)(c2ccccc2)c2ccc(OC)cc2)cc1. The fraction of sp³-hybridized carbons (Fsp3) is 0.242. The summed E-state index contributed by atoms with van der Waals surface area (Å²) in [7, 11) is 3.29. The Morgan fingerprint density at radius 3 is 2.07 bits per heavy atom. The van der Waals surface area contributed by atoms with E-state index in [0.717, 1.165) is 39.2 Å². The minimum Gasteiger partial charge on any atom is -0.497 e. The number of aromatic nitrogens is 1. The third kappa shape index (κ3) is 5.04. The number of fused-ring (bicyclic) bond motifs is 1. The van der Waals surface area contributed by atoms with Crippen LogP contribution in [0.25, 0.3) is 11.0 Å². The Hall–Kier alpha value is -3.95. The van der Waals surface area contributed by atoms with Gasteiger partial charge in [-0.15, -0.1) is 0 Å². The molecule has 1 aliphatic heterocycles. The highest BCUT2D eigenvalue weighted by Crippen LogP contribution is 2.43. The highest BCUT2D eigenvalue weighted by Gasteiger charge is 2.42. The van der Waals surface area contributed by atoms with E-state index in [-0.39, 0.29) is 6.61 Å². The molecule has 1 N–H and O–H groups in total. The molecule has 0 saturated carbocycles. The third-order valence-corrected chi connectivity index (χ3v) is 8.13. The molecule has 3 atom stereocenters. The van der Waals surface area contributed by atoms with Gasteiger partial charge in [0.05, 0.1) is 38.6 Å². The summed E-state index contributed by atoms with van der Waals surface area (Å²) < 4.78 is 32.2. The van der Waals surface area contributed by atoms with E-state index in [0.29, 0.717) is 11.1 Å². The number of ether oxygens (including phenoxy) is 4. The number of hydrogen-bond donors (Lipinski definition) is 1. The summed E-state index contributed by atoms with van der Waals surface area (Å²) in [6.07, 6.45) is 2.09. The van der Waals surface area contributed by atoms with Crippen LogP contribution in [0.2, 0.25) is 0 Å². The zero-order chi connectivity index (χ0) is 28.4. The summed E-state index contributed by atoms with van der Waals surface area (Å²) in [6.45, 7) is 0.131. The fourth-order valence-electron chi connectivity index (χ4n) is 5.53. The maximum absolute atomic E-state index is 11.1. The van der Waals surface area contributed by atoms with Crippen LogP contribution in [0.15, 0.2) is 108 Å². The van der Waals surface area contributed by atoms with E-state index in [9.17, 15) is 5.11 Å². The Morgan fingerprint density at radius 1 is 0.854 bits per heavy atom. The van der Waals surface area contributed by atoms with Crippen LogP contribution in [0, 0.1) is 4.64 Å². The molecule has 1 aliphatic rings. The molecular formula is C33H31NO6S. The Kier molecular flexibility index (Phi) is 7.64. The van der Waals surface area contributed by atoms with Crippen LogP contribution >= 0.6 is 12.2 Å². The molecule has 3 heterocycles. The topological polar surface area (TPSA) is 75.2 Å². The van der Waals surface area contributed by atoms with Crippen molar-refractivity contribution in [3.63, 3.8) is 0 Å². The van der Waals surface area contributed by atoms with Crippen molar-refractivity contribution < 1.29 is 28.5 Å². The van der Waals surface area contributed by atoms with Crippen molar-refractivity contribution in [2.75, 3.05) is 20.8 Å². The van der Waals surface area contributed by atoms with Crippen molar-refractivity contribution >= 4 is 23.2 Å². The van der Waals surface area contributed by atoms with E-state index >= 15 is 0 Å². The molecule has 41 heavy (non-hydrogen) atoms. The summed E-state index contributed by atoms with van der Waals surface area (Å²) in [5, 5.41) is 12.0. The van der Waals surface area contributed by atoms with Gasteiger partial charge < -0.3 is 33.0 Å². The minimum atomic E-state index is -1.01. The molecule has 0 aliphatic carbocycles. The molecule has 0 radical (unpaired) electrons. The summed E-state index contributed by atoms with van der Waals surface area (Å²) in [5.74, 6) is 1.49. The first-order valence-corrected chi connectivity index (χ1v) is 13.8. The van der Waals surface area contributed by atoms with Crippen LogP contribution in [0.4, 0.5) is 0 Å². The van der Waals surface area contributed by atoms with Crippen LogP contribution in [0.5, 0.6) is 11.5 Å². The highest BCUT2D eigenvalue weighted by molar-refractivity contribution is 7.71. The Bertz CT molecular complexity index is 1620. The maximum atomic E-state index is 11.1. The zero-order valence-corrected chi connectivity index (χ0v) is 23.6. The number of aliphatic hydroxyl groups is 1. The van der Waals surface area contributed by atoms with Crippen molar-refractivity contribution in [3.8, 4) is 11.5 Å². The van der Waals surface area contributed by atoms with Crippen molar-refractivity contribution in [1.82, 2.24) is 4.57 Å². The predicted octanol–water partition coefficient (Wildman–Crippen LogP) is 6.64. The maximum Gasteiger partial charge on any atom is 0.143 e. The zero-order valence-electron chi connectivity index (χ0n) is 22.8. The number of rotatable bonds is 9. The number of furan rings is 1. The molecule has 0 unspecified atom stereocenters. The predicted molar refractivity (Wildman–Crippen MR) is 158 cm³/mol. The van der Waals surface area contributed by atoms with Gasteiger partial charge in [0, 0.05) is 12.6 Å². The smallest absolute Gasteiger partial charge is 0.143 e. The van der Waals surface area contributed by atoms with Crippen LogP contribution in [-0.2, 0) is 15.1 Å². The first kappa shape index (κ1) is 27.2. The second-order valence-corrected chi connectivity index (χ2v) is 10.4. The molecule has 6 rings (SSSR count). The van der Waals surface area contributed by atoms with Gasteiger partial charge in [-0.25, -0.2) is 0 Å². The summed E-state index contributed by atoms with van der Waals surface area (Å²) in [6, 6.07) is 29.5. The molecule has 0 amide bonds. The van der Waals surface area contributed by atoms with E-state index in [2.05, 4.69) is 0 Å². The largest absolute Gasteiger partial charge is 0.497 e.